The van der Waals surface area contributed by atoms with Crippen LogP contribution in [0.2, 0.25) is 0 Å². The molecule has 0 saturated heterocycles. The molecule has 0 radical (unpaired) electrons. The molecule has 1 rings (SSSR count). The van der Waals surface area contributed by atoms with Crippen LogP contribution in [0.5, 0.6) is 0 Å². The van der Waals surface area contributed by atoms with E-state index in [4.69, 9.17) is 0 Å². The summed E-state index contributed by atoms with van der Waals surface area (Å²) in [5.74, 6) is 0. The fourth-order valence-electron chi connectivity index (χ4n) is 0.824. The second-order valence-electron chi connectivity index (χ2n) is 3.45. The van der Waals surface area contributed by atoms with Crippen molar-refractivity contribution in [2.24, 2.45) is 0 Å². The van der Waals surface area contributed by atoms with Gasteiger partial charge >= 0.3 is 0 Å². The van der Waals surface area contributed by atoms with Crippen molar-refractivity contribution in [1.29, 1.82) is 0 Å². The van der Waals surface area contributed by atoms with E-state index in [9.17, 15) is 0 Å². The first kappa shape index (κ1) is 8.90. The van der Waals surface area contributed by atoms with Crippen molar-refractivity contribution in [1.82, 2.24) is 9.97 Å². The summed E-state index contributed by atoms with van der Waals surface area (Å²) < 4.78 is 0.998. The third-order valence-electron chi connectivity index (χ3n) is 1.36. The van der Waals surface area contributed by atoms with Crippen molar-refractivity contribution in [2.75, 3.05) is 0 Å². The molecule has 1 aromatic rings. The third-order valence-corrected chi connectivity index (χ3v) is 2.15. The largest absolute Gasteiger partial charge is 0.256 e. The summed E-state index contributed by atoms with van der Waals surface area (Å²) in [5, 5.41) is 0. The molecule has 0 unspecified atom stereocenters. The van der Waals surface area contributed by atoms with Crippen molar-refractivity contribution < 1.29 is 0 Å². The van der Waals surface area contributed by atoms with Crippen molar-refractivity contribution in [3.63, 3.8) is 0 Å². The number of hydrogen-bond donors (Lipinski definition) is 0. The van der Waals surface area contributed by atoms with Gasteiger partial charge in [0.2, 0.25) is 0 Å². The van der Waals surface area contributed by atoms with Crippen molar-refractivity contribution in [3.05, 3.63) is 21.8 Å². The van der Waals surface area contributed by atoms with Gasteiger partial charge in [0, 0.05) is 17.8 Å². The van der Waals surface area contributed by atoms with Crippen LogP contribution in [0.25, 0.3) is 0 Å². The number of nitrogens with zero attached hydrogens (tertiary/aromatic N) is 2. The van der Waals surface area contributed by atoms with E-state index < -0.39 is 0 Å². The summed E-state index contributed by atoms with van der Waals surface area (Å²) in [6.07, 6.45) is 3.46. The van der Waals surface area contributed by atoms with Gasteiger partial charge in [-0.25, -0.2) is 4.98 Å². The maximum atomic E-state index is 4.28. The number of aromatic nitrogens is 2. The van der Waals surface area contributed by atoms with Gasteiger partial charge in [0.25, 0.3) is 0 Å². The zero-order valence-electron chi connectivity index (χ0n) is 6.93. The van der Waals surface area contributed by atoms with Crippen LogP contribution in [0.3, 0.4) is 0 Å². The molecule has 0 aliphatic heterocycles. The van der Waals surface area contributed by atoms with Gasteiger partial charge in [0.15, 0.2) is 0 Å². The smallest absolute Gasteiger partial charge is 0.123 e. The molecule has 0 atom stereocenters. The number of rotatable bonds is 0. The van der Waals surface area contributed by atoms with Gasteiger partial charge < -0.3 is 0 Å². The molecule has 0 N–H and O–H groups in total. The monoisotopic (exact) mass is 262 g/mol. The summed E-state index contributed by atoms with van der Waals surface area (Å²) in [7, 11) is 0. The molecule has 1 aromatic heterocycles. The van der Waals surface area contributed by atoms with Gasteiger partial charge in [0.05, 0.1) is 5.69 Å². The first-order valence-electron chi connectivity index (χ1n) is 3.49. The first-order chi connectivity index (χ1) is 5.02. The topological polar surface area (TPSA) is 25.8 Å². The molecule has 3 heteroatoms. The lowest BCUT2D eigenvalue weighted by Gasteiger charge is -2.17. The molecular formula is C8H11IN2. The van der Waals surface area contributed by atoms with E-state index in [0.717, 1.165) is 9.39 Å². The summed E-state index contributed by atoms with van der Waals surface area (Å²) in [6.45, 7) is 6.41. The lowest BCUT2D eigenvalue weighted by atomic mass is 9.93. The lowest BCUT2D eigenvalue weighted by molar-refractivity contribution is 0.560. The normalized spacial score (nSPS) is 11.6. The van der Waals surface area contributed by atoms with Gasteiger partial charge in [-0.05, 0) is 22.6 Å². The average Bonchev–Trinajstić information content (AvgIpc) is 1.86. The zero-order chi connectivity index (χ0) is 8.48. The van der Waals surface area contributed by atoms with Crippen LogP contribution < -0.4 is 0 Å². The van der Waals surface area contributed by atoms with Crippen molar-refractivity contribution in [2.45, 2.75) is 26.2 Å². The fourth-order valence-corrected chi connectivity index (χ4v) is 1.93. The highest BCUT2D eigenvalue weighted by atomic mass is 127. The molecule has 0 fully saturated rings. The lowest BCUT2D eigenvalue weighted by Crippen LogP contribution is -2.16. The van der Waals surface area contributed by atoms with E-state index in [1.165, 1.54) is 0 Å². The van der Waals surface area contributed by atoms with Gasteiger partial charge in [-0.3, -0.25) is 4.98 Å². The Morgan fingerprint density at radius 2 is 1.73 bits per heavy atom. The van der Waals surface area contributed by atoms with Crippen molar-refractivity contribution >= 4 is 22.6 Å². The Labute approximate surface area is 80.6 Å². The molecule has 2 nitrogen and oxygen atoms in total. The van der Waals surface area contributed by atoms with E-state index in [-0.39, 0.29) is 5.41 Å². The highest BCUT2D eigenvalue weighted by molar-refractivity contribution is 14.1. The van der Waals surface area contributed by atoms with Crippen LogP contribution in [0, 0.1) is 3.70 Å². The SMILES string of the molecule is CC(C)(C)c1nccnc1I. The van der Waals surface area contributed by atoms with Gasteiger partial charge in [-0.1, -0.05) is 20.8 Å². The van der Waals surface area contributed by atoms with E-state index in [1.54, 1.807) is 12.4 Å². The first-order valence-corrected chi connectivity index (χ1v) is 4.56. The minimum atomic E-state index is 0.102. The summed E-state index contributed by atoms with van der Waals surface area (Å²) in [4.78, 5) is 8.45. The average molecular weight is 262 g/mol. The van der Waals surface area contributed by atoms with E-state index in [0.29, 0.717) is 0 Å². The third kappa shape index (κ3) is 2.12. The summed E-state index contributed by atoms with van der Waals surface area (Å²) in [6, 6.07) is 0. The second-order valence-corrected chi connectivity index (χ2v) is 4.47. The minimum absolute atomic E-state index is 0.102. The second kappa shape index (κ2) is 3.05. The van der Waals surface area contributed by atoms with E-state index in [2.05, 4.69) is 53.3 Å². The Balaban J connectivity index is 3.14. The molecule has 60 valence electrons. The van der Waals surface area contributed by atoms with Crippen LogP contribution in [0.1, 0.15) is 26.5 Å². The number of hydrogen-bond acceptors (Lipinski definition) is 2. The van der Waals surface area contributed by atoms with Crippen LogP contribution >= 0.6 is 22.6 Å². The maximum absolute atomic E-state index is 4.28. The van der Waals surface area contributed by atoms with Gasteiger partial charge in [0.1, 0.15) is 3.70 Å². The van der Waals surface area contributed by atoms with Gasteiger partial charge in [-0.15, -0.1) is 0 Å². The Bertz CT molecular complexity index is 253. The molecule has 0 saturated carbocycles. The summed E-state index contributed by atoms with van der Waals surface area (Å²) in [5.41, 5.74) is 1.17. The van der Waals surface area contributed by atoms with Crippen molar-refractivity contribution in [3.8, 4) is 0 Å². The Kier molecular flexibility index (Phi) is 2.47. The number of halogens is 1. The molecule has 0 bridgehead atoms. The van der Waals surface area contributed by atoms with E-state index in [1.807, 2.05) is 0 Å². The Morgan fingerprint density at radius 3 is 2.09 bits per heavy atom. The quantitative estimate of drug-likeness (QED) is 0.671. The predicted octanol–water partition coefficient (Wildman–Crippen LogP) is 2.38. The molecule has 0 aliphatic carbocycles. The highest BCUT2D eigenvalue weighted by Crippen LogP contribution is 2.22. The molecule has 1 heterocycles. The predicted molar refractivity (Wildman–Crippen MR) is 53.4 cm³/mol. The molecule has 0 spiro atoms. The standard InChI is InChI=1S/C8H11IN2/c1-8(2,3)6-7(9)11-5-4-10-6/h4-5H,1-3H3. The highest BCUT2D eigenvalue weighted by Gasteiger charge is 2.18. The molecular weight excluding hydrogens is 251 g/mol. The molecule has 11 heavy (non-hydrogen) atoms. The molecule has 0 amide bonds. The zero-order valence-corrected chi connectivity index (χ0v) is 9.08. The Morgan fingerprint density at radius 1 is 1.18 bits per heavy atom. The molecule has 0 aliphatic rings. The maximum Gasteiger partial charge on any atom is 0.123 e. The van der Waals surface area contributed by atoms with Crippen LogP contribution in [-0.4, -0.2) is 9.97 Å². The van der Waals surface area contributed by atoms with Crippen LogP contribution in [0.15, 0.2) is 12.4 Å². The van der Waals surface area contributed by atoms with E-state index >= 15 is 0 Å². The Hall–Kier alpha value is -0.190. The van der Waals surface area contributed by atoms with Gasteiger partial charge in [-0.2, -0.15) is 0 Å². The molecule has 0 aromatic carbocycles. The summed E-state index contributed by atoms with van der Waals surface area (Å²) >= 11 is 2.21. The fraction of sp³-hybridized carbons (Fsp3) is 0.500. The van der Waals surface area contributed by atoms with Crippen LogP contribution in [0.4, 0.5) is 0 Å². The minimum Gasteiger partial charge on any atom is -0.256 e. The van der Waals surface area contributed by atoms with Crippen LogP contribution in [-0.2, 0) is 5.41 Å².